The average Bonchev–Trinajstić information content (AvgIpc) is 2.30. The molecule has 2 nitrogen and oxygen atoms in total. The second-order valence-corrected chi connectivity index (χ2v) is 2.39. The maximum Gasteiger partial charge on any atom is 0.280 e. The lowest BCUT2D eigenvalue weighted by molar-refractivity contribution is 0.141. The molecule has 0 N–H and O–H groups in total. The van der Waals surface area contributed by atoms with Gasteiger partial charge >= 0.3 is 0 Å². The fraction of sp³-hybridized carbons (Fsp3) is 0.500. The van der Waals surface area contributed by atoms with E-state index in [0.29, 0.717) is 0 Å². The summed E-state index contributed by atoms with van der Waals surface area (Å²) in [6.45, 7) is 0. The topological polar surface area (TPSA) is 17.8 Å². The molecule has 0 radical (unpaired) electrons. The number of aryl methyl sites for hydroxylation is 1. The molecule has 0 aliphatic heterocycles. The standard InChI is InChI=1S/C6H7ClF2N2.ClH/c1-11-3-10-4(2-7)5(11)6(8)9;/h3,6H,2H2,1H3;1H. The monoisotopic (exact) mass is 216 g/mol. The van der Waals surface area contributed by atoms with Gasteiger partial charge in [-0.2, -0.15) is 0 Å². The molecule has 1 heterocycles. The van der Waals surface area contributed by atoms with Gasteiger partial charge in [-0.05, 0) is 0 Å². The summed E-state index contributed by atoms with van der Waals surface area (Å²) in [5.74, 6) is 0.0283. The van der Waals surface area contributed by atoms with Crippen molar-refractivity contribution in [3.8, 4) is 0 Å². The Morgan fingerprint density at radius 1 is 1.67 bits per heavy atom. The number of hydrogen-bond donors (Lipinski definition) is 0. The number of nitrogens with zero attached hydrogens (tertiary/aromatic N) is 2. The van der Waals surface area contributed by atoms with E-state index in [4.69, 9.17) is 11.6 Å². The molecule has 0 atom stereocenters. The first-order chi connectivity index (χ1) is 5.16. The zero-order valence-corrected chi connectivity index (χ0v) is 7.87. The number of hydrogen-bond acceptors (Lipinski definition) is 1. The van der Waals surface area contributed by atoms with E-state index >= 15 is 0 Å². The van der Waals surface area contributed by atoms with Crippen LogP contribution in [0.3, 0.4) is 0 Å². The number of imidazole rings is 1. The summed E-state index contributed by atoms with van der Waals surface area (Å²) in [5.41, 5.74) is 0.157. The summed E-state index contributed by atoms with van der Waals surface area (Å²) in [6.07, 6.45) is -1.17. The van der Waals surface area contributed by atoms with Crippen LogP contribution in [0.25, 0.3) is 0 Å². The Labute approximate surface area is 80.0 Å². The number of alkyl halides is 3. The van der Waals surface area contributed by atoms with Crippen LogP contribution in [0.4, 0.5) is 8.78 Å². The van der Waals surface area contributed by atoms with Gasteiger partial charge in [0, 0.05) is 7.05 Å². The largest absolute Gasteiger partial charge is 0.333 e. The first kappa shape index (κ1) is 11.6. The van der Waals surface area contributed by atoms with Crippen molar-refractivity contribution in [2.24, 2.45) is 7.05 Å². The molecule has 0 unspecified atom stereocenters. The molecule has 0 saturated carbocycles. The minimum absolute atomic E-state index is 0. The number of rotatable bonds is 2. The Balaban J connectivity index is 0.00000121. The summed E-state index contributed by atoms with van der Waals surface area (Å²) in [4.78, 5) is 3.71. The van der Waals surface area contributed by atoms with Gasteiger partial charge in [-0.3, -0.25) is 0 Å². The Kier molecular flexibility index (Phi) is 4.49. The molecule has 0 spiro atoms. The van der Waals surface area contributed by atoms with E-state index < -0.39 is 6.43 Å². The summed E-state index contributed by atoms with van der Waals surface area (Å²) < 4.78 is 25.7. The molecule has 0 bridgehead atoms. The molecule has 6 heteroatoms. The van der Waals surface area contributed by atoms with Crippen molar-refractivity contribution in [1.29, 1.82) is 0 Å². The maximum absolute atomic E-state index is 12.2. The van der Waals surface area contributed by atoms with Crippen molar-refractivity contribution in [2.45, 2.75) is 12.3 Å². The number of aromatic nitrogens is 2. The van der Waals surface area contributed by atoms with E-state index in [-0.39, 0.29) is 29.7 Å². The summed E-state index contributed by atoms with van der Waals surface area (Å²) >= 11 is 5.38. The lowest BCUT2D eigenvalue weighted by Gasteiger charge is -2.01. The zero-order valence-electron chi connectivity index (χ0n) is 6.30. The van der Waals surface area contributed by atoms with Crippen LogP contribution < -0.4 is 0 Å². The first-order valence-corrected chi connectivity index (χ1v) is 3.54. The zero-order chi connectivity index (χ0) is 8.43. The van der Waals surface area contributed by atoms with E-state index in [2.05, 4.69) is 4.98 Å². The Hall–Kier alpha value is -0.350. The van der Waals surface area contributed by atoms with Gasteiger partial charge in [-0.15, -0.1) is 24.0 Å². The third-order valence-corrected chi connectivity index (χ3v) is 1.65. The molecule has 0 aliphatic carbocycles. The van der Waals surface area contributed by atoms with Crippen LogP contribution in [0, 0.1) is 0 Å². The van der Waals surface area contributed by atoms with Crippen LogP contribution in [0.15, 0.2) is 6.33 Å². The number of halogens is 4. The molecule has 0 amide bonds. The third kappa shape index (κ3) is 2.08. The molecular formula is C6H8Cl2F2N2. The van der Waals surface area contributed by atoms with Crippen LogP contribution in [0.2, 0.25) is 0 Å². The predicted molar refractivity (Wildman–Crippen MR) is 45.0 cm³/mol. The predicted octanol–water partition coefficient (Wildman–Crippen LogP) is 2.52. The van der Waals surface area contributed by atoms with Crippen molar-refractivity contribution in [3.63, 3.8) is 0 Å². The van der Waals surface area contributed by atoms with Gasteiger partial charge in [0.05, 0.1) is 17.9 Å². The van der Waals surface area contributed by atoms with E-state index in [1.807, 2.05) is 0 Å². The van der Waals surface area contributed by atoms with Gasteiger partial charge in [0.2, 0.25) is 0 Å². The highest BCUT2D eigenvalue weighted by molar-refractivity contribution is 6.16. The van der Waals surface area contributed by atoms with Gasteiger partial charge in [0.15, 0.2) is 0 Å². The Morgan fingerprint density at radius 2 is 2.25 bits per heavy atom. The SMILES string of the molecule is Cl.Cn1cnc(CCl)c1C(F)F. The van der Waals surface area contributed by atoms with Gasteiger partial charge in [-0.1, -0.05) is 0 Å². The maximum atomic E-state index is 12.2. The summed E-state index contributed by atoms with van der Waals surface area (Å²) in [5, 5.41) is 0. The lowest BCUT2D eigenvalue weighted by Crippen LogP contribution is -1.97. The van der Waals surface area contributed by atoms with Crippen LogP contribution >= 0.6 is 24.0 Å². The Bertz CT molecular complexity index is 250. The van der Waals surface area contributed by atoms with Gasteiger partial charge in [-0.25, -0.2) is 13.8 Å². The van der Waals surface area contributed by atoms with Crippen LogP contribution in [-0.4, -0.2) is 9.55 Å². The van der Waals surface area contributed by atoms with Crippen molar-refractivity contribution in [1.82, 2.24) is 9.55 Å². The fourth-order valence-corrected chi connectivity index (χ4v) is 1.08. The average molecular weight is 217 g/mol. The van der Waals surface area contributed by atoms with Crippen LogP contribution in [0.1, 0.15) is 17.8 Å². The van der Waals surface area contributed by atoms with Crippen LogP contribution in [-0.2, 0) is 12.9 Å². The highest BCUT2D eigenvalue weighted by atomic mass is 35.5. The summed E-state index contributed by atoms with van der Waals surface area (Å²) in [6, 6.07) is 0. The Morgan fingerprint density at radius 3 is 2.58 bits per heavy atom. The highest BCUT2D eigenvalue weighted by Crippen LogP contribution is 2.22. The van der Waals surface area contributed by atoms with Crippen LogP contribution in [0.5, 0.6) is 0 Å². The first-order valence-electron chi connectivity index (χ1n) is 3.01. The summed E-state index contributed by atoms with van der Waals surface area (Å²) in [7, 11) is 1.52. The van der Waals surface area contributed by atoms with Gasteiger partial charge in [0.1, 0.15) is 5.69 Å². The molecule has 1 aromatic rings. The lowest BCUT2D eigenvalue weighted by atomic mass is 10.3. The molecule has 70 valence electrons. The molecular weight excluding hydrogens is 209 g/mol. The molecule has 0 fully saturated rings. The second-order valence-electron chi connectivity index (χ2n) is 2.12. The minimum atomic E-state index is -2.50. The molecule has 0 aliphatic rings. The van der Waals surface area contributed by atoms with Crippen molar-refractivity contribution in [2.75, 3.05) is 0 Å². The second kappa shape index (κ2) is 4.62. The molecule has 1 aromatic heterocycles. The van der Waals surface area contributed by atoms with Gasteiger partial charge in [0.25, 0.3) is 6.43 Å². The van der Waals surface area contributed by atoms with Crippen molar-refractivity contribution in [3.05, 3.63) is 17.7 Å². The van der Waals surface area contributed by atoms with E-state index in [9.17, 15) is 8.78 Å². The van der Waals surface area contributed by atoms with E-state index in [1.165, 1.54) is 17.9 Å². The fourth-order valence-electron chi connectivity index (χ4n) is 0.871. The highest BCUT2D eigenvalue weighted by Gasteiger charge is 2.16. The van der Waals surface area contributed by atoms with Crippen molar-refractivity contribution >= 4 is 24.0 Å². The quantitative estimate of drug-likeness (QED) is 0.696. The van der Waals surface area contributed by atoms with E-state index in [0.717, 1.165) is 0 Å². The third-order valence-electron chi connectivity index (χ3n) is 1.40. The van der Waals surface area contributed by atoms with Gasteiger partial charge < -0.3 is 4.57 Å². The molecule has 0 saturated heterocycles. The van der Waals surface area contributed by atoms with Crippen molar-refractivity contribution < 1.29 is 8.78 Å². The molecule has 0 aromatic carbocycles. The smallest absolute Gasteiger partial charge is 0.280 e. The molecule has 1 rings (SSSR count). The normalized spacial score (nSPS) is 10.1. The van der Waals surface area contributed by atoms with E-state index in [1.54, 1.807) is 0 Å². The molecule has 12 heavy (non-hydrogen) atoms. The minimum Gasteiger partial charge on any atom is -0.333 e.